The number of nitrogens with zero attached hydrogens (tertiary/aromatic N) is 2. The summed E-state index contributed by atoms with van der Waals surface area (Å²) in [6, 6.07) is 52.3. The fraction of sp³-hybridized carbons (Fsp3) is 0.0750. The predicted molar refractivity (Wildman–Crippen MR) is 177 cm³/mol. The van der Waals surface area contributed by atoms with Crippen molar-refractivity contribution in [3.05, 3.63) is 157 Å². The van der Waals surface area contributed by atoms with Gasteiger partial charge in [-0.05, 0) is 69.1 Å². The fourth-order valence-corrected chi connectivity index (χ4v) is 6.72. The minimum absolute atomic E-state index is 0.0936. The van der Waals surface area contributed by atoms with E-state index in [9.17, 15) is 0 Å². The molecule has 0 unspecified atom stereocenters. The first-order chi connectivity index (χ1) is 20.6. The van der Waals surface area contributed by atoms with E-state index >= 15 is 0 Å². The van der Waals surface area contributed by atoms with E-state index in [0.717, 1.165) is 28.1 Å². The molecular weight excluding hydrogens is 508 g/mol. The Labute approximate surface area is 246 Å². The van der Waals surface area contributed by atoms with E-state index in [0.29, 0.717) is 0 Å². The summed E-state index contributed by atoms with van der Waals surface area (Å²) >= 11 is 0. The standard InChI is InChI=1S/C40H30N2/c1-40(2)36-18-10-8-15-32(36)33-25-24-30(26-37(33)40)42(29-22-20-28(21-23-29)27-12-4-3-5-13-27)39-35-17-7-6-14-31(35)34-16-9-11-19-38(34)41-39/h3-26H,1-2H3. The monoisotopic (exact) mass is 538 g/mol. The molecule has 2 heteroatoms. The molecule has 42 heavy (non-hydrogen) atoms. The maximum atomic E-state index is 5.33. The summed E-state index contributed by atoms with van der Waals surface area (Å²) in [5, 5.41) is 3.51. The topological polar surface area (TPSA) is 16.1 Å². The summed E-state index contributed by atoms with van der Waals surface area (Å²) in [6.45, 7) is 4.67. The van der Waals surface area contributed by atoms with Gasteiger partial charge in [0.25, 0.3) is 0 Å². The fourth-order valence-electron chi connectivity index (χ4n) is 6.72. The van der Waals surface area contributed by atoms with Gasteiger partial charge in [0.05, 0.1) is 5.52 Å². The third kappa shape index (κ3) is 3.76. The molecule has 0 radical (unpaired) electrons. The molecule has 0 N–H and O–H groups in total. The van der Waals surface area contributed by atoms with Gasteiger partial charge >= 0.3 is 0 Å². The second-order valence-electron chi connectivity index (χ2n) is 11.6. The highest BCUT2D eigenvalue weighted by Gasteiger charge is 2.35. The number of hydrogen-bond donors (Lipinski definition) is 0. The first-order valence-electron chi connectivity index (χ1n) is 14.6. The van der Waals surface area contributed by atoms with Gasteiger partial charge in [0.1, 0.15) is 5.82 Å². The van der Waals surface area contributed by atoms with E-state index in [1.54, 1.807) is 0 Å². The smallest absolute Gasteiger partial charge is 0.146 e. The van der Waals surface area contributed by atoms with Crippen LogP contribution in [0.25, 0.3) is 43.9 Å². The van der Waals surface area contributed by atoms with Crippen LogP contribution in [0.5, 0.6) is 0 Å². The van der Waals surface area contributed by atoms with E-state index in [2.05, 4.69) is 164 Å². The van der Waals surface area contributed by atoms with Crippen molar-refractivity contribution in [3.8, 4) is 22.3 Å². The SMILES string of the molecule is CC1(C)c2ccccc2-c2ccc(N(c3ccc(-c4ccccc4)cc3)c3nc4ccccc4c4ccccc34)cc21. The zero-order valence-corrected chi connectivity index (χ0v) is 23.8. The molecule has 8 rings (SSSR count). The summed E-state index contributed by atoms with van der Waals surface area (Å²) in [4.78, 5) is 7.67. The molecule has 2 nitrogen and oxygen atoms in total. The van der Waals surface area contributed by atoms with Crippen LogP contribution in [0.2, 0.25) is 0 Å². The van der Waals surface area contributed by atoms with Crippen molar-refractivity contribution in [2.45, 2.75) is 19.3 Å². The van der Waals surface area contributed by atoms with Crippen LogP contribution < -0.4 is 4.90 Å². The molecule has 0 saturated carbocycles. The highest BCUT2D eigenvalue weighted by molar-refractivity contribution is 6.11. The Morgan fingerprint density at radius 1 is 0.476 bits per heavy atom. The second-order valence-corrected chi connectivity index (χ2v) is 11.6. The maximum absolute atomic E-state index is 5.33. The lowest BCUT2D eigenvalue weighted by Crippen LogP contribution is -2.17. The van der Waals surface area contributed by atoms with Crippen molar-refractivity contribution in [2.75, 3.05) is 4.90 Å². The van der Waals surface area contributed by atoms with Crippen LogP contribution >= 0.6 is 0 Å². The number of rotatable bonds is 4. The Morgan fingerprint density at radius 3 is 1.88 bits per heavy atom. The number of fused-ring (bicyclic) bond motifs is 6. The number of hydrogen-bond acceptors (Lipinski definition) is 2. The van der Waals surface area contributed by atoms with Crippen LogP contribution in [0.15, 0.2) is 146 Å². The molecule has 0 bridgehead atoms. The van der Waals surface area contributed by atoms with Crippen molar-refractivity contribution in [1.29, 1.82) is 0 Å². The Hall–Kier alpha value is -5.21. The lowest BCUT2D eigenvalue weighted by atomic mass is 9.82. The molecule has 0 aliphatic heterocycles. The first-order valence-corrected chi connectivity index (χ1v) is 14.6. The molecule has 7 aromatic rings. The third-order valence-electron chi connectivity index (χ3n) is 8.86. The van der Waals surface area contributed by atoms with Gasteiger partial charge in [-0.25, -0.2) is 4.98 Å². The van der Waals surface area contributed by atoms with Gasteiger partial charge < -0.3 is 0 Å². The number of para-hydroxylation sites is 1. The predicted octanol–water partition coefficient (Wildman–Crippen LogP) is 10.8. The molecule has 1 aliphatic carbocycles. The van der Waals surface area contributed by atoms with Gasteiger partial charge in [0.2, 0.25) is 0 Å². The summed E-state index contributed by atoms with van der Waals surface area (Å²) in [5.41, 5.74) is 10.9. The Kier molecular flexibility index (Phi) is 5.52. The second kappa shape index (κ2) is 9.43. The van der Waals surface area contributed by atoms with Crippen molar-refractivity contribution >= 4 is 38.9 Å². The lowest BCUT2D eigenvalue weighted by molar-refractivity contribution is 0.660. The molecule has 1 aromatic heterocycles. The van der Waals surface area contributed by atoms with Gasteiger partial charge in [-0.15, -0.1) is 0 Å². The molecule has 1 aliphatic rings. The Morgan fingerprint density at radius 2 is 1.07 bits per heavy atom. The Bertz CT molecular complexity index is 2110. The highest BCUT2D eigenvalue weighted by atomic mass is 15.2. The van der Waals surface area contributed by atoms with Crippen LogP contribution in [0, 0.1) is 0 Å². The third-order valence-corrected chi connectivity index (χ3v) is 8.86. The van der Waals surface area contributed by atoms with Gasteiger partial charge in [0.15, 0.2) is 0 Å². The van der Waals surface area contributed by atoms with Crippen molar-refractivity contribution in [2.24, 2.45) is 0 Å². The quantitative estimate of drug-likeness (QED) is 0.207. The van der Waals surface area contributed by atoms with E-state index in [1.807, 2.05) is 0 Å². The average Bonchev–Trinajstić information content (AvgIpc) is 3.28. The van der Waals surface area contributed by atoms with Crippen molar-refractivity contribution in [1.82, 2.24) is 4.98 Å². The molecule has 0 saturated heterocycles. The van der Waals surface area contributed by atoms with Crippen LogP contribution in [-0.4, -0.2) is 4.98 Å². The van der Waals surface area contributed by atoms with E-state index < -0.39 is 0 Å². The van der Waals surface area contributed by atoms with Crippen molar-refractivity contribution in [3.63, 3.8) is 0 Å². The summed E-state index contributed by atoms with van der Waals surface area (Å²) in [5.74, 6) is 0.935. The number of anilines is 3. The van der Waals surface area contributed by atoms with E-state index in [-0.39, 0.29) is 5.41 Å². The zero-order chi connectivity index (χ0) is 28.3. The van der Waals surface area contributed by atoms with E-state index in [4.69, 9.17) is 4.98 Å². The van der Waals surface area contributed by atoms with Crippen LogP contribution in [-0.2, 0) is 5.41 Å². The van der Waals surface area contributed by atoms with Crippen LogP contribution in [0.1, 0.15) is 25.0 Å². The van der Waals surface area contributed by atoms with Crippen molar-refractivity contribution < 1.29 is 0 Å². The van der Waals surface area contributed by atoms with Gasteiger partial charge in [-0.1, -0.05) is 129 Å². The molecule has 1 heterocycles. The molecule has 200 valence electrons. The molecule has 0 spiro atoms. The normalized spacial score (nSPS) is 13.2. The van der Waals surface area contributed by atoms with Gasteiger partial charge in [0, 0.05) is 27.6 Å². The highest BCUT2D eigenvalue weighted by Crippen LogP contribution is 2.51. The molecule has 0 fully saturated rings. The van der Waals surface area contributed by atoms with Gasteiger partial charge in [-0.2, -0.15) is 0 Å². The average molecular weight is 539 g/mol. The largest absolute Gasteiger partial charge is 0.295 e. The maximum Gasteiger partial charge on any atom is 0.146 e. The van der Waals surface area contributed by atoms with Crippen LogP contribution in [0.3, 0.4) is 0 Å². The number of pyridine rings is 1. The van der Waals surface area contributed by atoms with Crippen LogP contribution in [0.4, 0.5) is 17.2 Å². The molecule has 6 aromatic carbocycles. The number of benzene rings is 6. The first kappa shape index (κ1) is 24.6. The minimum Gasteiger partial charge on any atom is -0.295 e. The Balaban J connectivity index is 1.37. The summed E-state index contributed by atoms with van der Waals surface area (Å²) in [6.07, 6.45) is 0. The zero-order valence-electron chi connectivity index (χ0n) is 23.8. The number of aromatic nitrogens is 1. The summed E-state index contributed by atoms with van der Waals surface area (Å²) < 4.78 is 0. The van der Waals surface area contributed by atoms with E-state index in [1.165, 1.54) is 44.2 Å². The lowest BCUT2D eigenvalue weighted by Gasteiger charge is -2.28. The molecule has 0 atom stereocenters. The van der Waals surface area contributed by atoms with Gasteiger partial charge in [-0.3, -0.25) is 4.90 Å². The minimum atomic E-state index is -0.0936. The summed E-state index contributed by atoms with van der Waals surface area (Å²) in [7, 11) is 0. The molecule has 0 amide bonds. The molecular formula is C40H30N2.